The van der Waals surface area contributed by atoms with Crippen LogP contribution in [0.25, 0.3) is 11.0 Å². The van der Waals surface area contributed by atoms with Crippen LogP contribution >= 0.6 is 0 Å². The number of benzene rings is 2. The average Bonchev–Trinajstić information content (AvgIpc) is 2.97. The summed E-state index contributed by atoms with van der Waals surface area (Å²) in [6, 6.07) is 13.5. The summed E-state index contributed by atoms with van der Waals surface area (Å²) in [5.41, 5.74) is 3.27. The molecule has 0 radical (unpaired) electrons. The number of aromatic nitrogens is 2. The van der Waals surface area contributed by atoms with E-state index in [2.05, 4.69) is 11.1 Å². The highest BCUT2D eigenvalue weighted by atomic mass is 16.5. The number of rotatable bonds is 6. The van der Waals surface area contributed by atoms with Gasteiger partial charge in [0.15, 0.2) is 11.5 Å². The summed E-state index contributed by atoms with van der Waals surface area (Å²) in [6.45, 7) is 0.891. The number of ether oxygens (including phenoxy) is 3. The number of hydrogen-bond acceptors (Lipinski definition) is 5. The van der Waals surface area contributed by atoms with Crippen LogP contribution in [-0.2, 0) is 17.9 Å². The summed E-state index contributed by atoms with van der Waals surface area (Å²) in [6.07, 6.45) is 0. The lowest BCUT2D eigenvalue weighted by Crippen LogP contribution is -2.07. The SMILES string of the molecule is COCc1nc2cc(OC)c(OC)cc2n1Cc1ccccc1C#N. The fourth-order valence-corrected chi connectivity index (χ4v) is 2.86. The maximum atomic E-state index is 9.35. The third-order valence-corrected chi connectivity index (χ3v) is 4.07. The molecule has 3 rings (SSSR count). The van der Waals surface area contributed by atoms with Gasteiger partial charge in [0, 0.05) is 19.2 Å². The highest BCUT2D eigenvalue weighted by Gasteiger charge is 2.16. The predicted molar refractivity (Wildman–Crippen MR) is 93.8 cm³/mol. The average molecular weight is 337 g/mol. The van der Waals surface area contributed by atoms with Crippen molar-refractivity contribution in [1.82, 2.24) is 9.55 Å². The smallest absolute Gasteiger partial charge is 0.163 e. The Labute approximate surface area is 146 Å². The van der Waals surface area contributed by atoms with E-state index in [1.165, 1.54) is 0 Å². The number of fused-ring (bicyclic) bond motifs is 1. The van der Waals surface area contributed by atoms with Gasteiger partial charge in [-0.3, -0.25) is 0 Å². The highest BCUT2D eigenvalue weighted by Crippen LogP contribution is 2.33. The standard InChI is InChI=1S/C19H19N3O3/c1-23-12-19-21-15-8-17(24-2)18(25-3)9-16(15)22(19)11-14-7-5-4-6-13(14)10-20/h4-9H,11-12H2,1-3H3. The molecule has 1 aromatic heterocycles. The Kier molecular flexibility index (Phi) is 4.87. The van der Waals surface area contributed by atoms with Crippen LogP contribution < -0.4 is 9.47 Å². The van der Waals surface area contributed by atoms with Crippen molar-refractivity contribution in [3.05, 3.63) is 53.3 Å². The Morgan fingerprint density at radius 2 is 1.80 bits per heavy atom. The molecule has 25 heavy (non-hydrogen) atoms. The second kappa shape index (κ2) is 7.24. The molecule has 0 aliphatic rings. The van der Waals surface area contributed by atoms with Crippen LogP contribution in [0.1, 0.15) is 17.0 Å². The Hall–Kier alpha value is -3.04. The van der Waals surface area contributed by atoms with E-state index in [1.807, 2.05) is 41.0 Å². The molecule has 0 bridgehead atoms. The summed E-state index contributed by atoms with van der Waals surface area (Å²) in [4.78, 5) is 4.66. The van der Waals surface area contributed by atoms with Gasteiger partial charge in [-0.15, -0.1) is 0 Å². The summed E-state index contributed by atoms with van der Waals surface area (Å²) in [5, 5.41) is 9.35. The molecule has 0 aliphatic heterocycles. The molecule has 6 heteroatoms. The number of nitriles is 1. The van der Waals surface area contributed by atoms with Crippen molar-refractivity contribution in [3.8, 4) is 17.6 Å². The Morgan fingerprint density at radius 3 is 2.48 bits per heavy atom. The maximum absolute atomic E-state index is 9.35. The van der Waals surface area contributed by atoms with Crippen molar-refractivity contribution in [2.45, 2.75) is 13.2 Å². The fraction of sp³-hybridized carbons (Fsp3) is 0.263. The summed E-state index contributed by atoms with van der Waals surface area (Å²) in [5.74, 6) is 2.04. The molecule has 3 aromatic rings. The molecule has 0 amide bonds. The molecular weight excluding hydrogens is 318 g/mol. The van der Waals surface area contributed by atoms with Crippen LogP contribution in [0.2, 0.25) is 0 Å². The summed E-state index contributed by atoms with van der Waals surface area (Å²) >= 11 is 0. The number of imidazole rings is 1. The number of hydrogen-bond donors (Lipinski definition) is 0. The highest BCUT2D eigenvalue weighted by molar-refractivity contribution is 5.81. The molecule has 0 unspecified atom stereocenters. The Morgan fingerprint density at radius 1 is 1.08 bits per heavy atom. The first kappa shape index (κ1) is 16.8. The lowest BCUT2D eigenvalue weighted by molar-refractivity contribution is 0.175. The van der Waals surface area contributed by atoms with Gasteiger partial charge in [0.2, 0.25) is 0 Å². The van der Waals surface area contributed by atoms with Gasteiger partial charge in [-0.25, -0.2) is 4.98 Å². The van der Waals surface area contributed by atoms with E-state index in [0.29, 0.717) is 30.2 Å². The summed E-state index contributed by atoms with van der Waals surface area (Å²) < 4.78 is 18.1. The molecular formula is C19H19N3O3. The van der Waals surface area contributed by atoms with Crippen molar-refractivity contribution in [3.63, 3.8) is 0 Å². The van der Waals surface area contributed by atoms with E-state index in [0.717, 1.165) is 22.4 Å². The molecule has 2 aromatic carbocycles. The maximum Gasteiger partial charge on any atom is 0.163 e. The molecule has 0 saturated carbocycles. The lowest BCUT2D eigenvalue weighted by Gasteiger charge is -2.12. The van der Waals surface area contributed by atoms with Crippen LogP contribution in [0.5, 0.6) is 11.5 Å². The van der Waals surface area contributed by atoms with Crippen molar-refractivity contribution in [2.24, 2.45) is 0 Å². The van der Waals surface area contributed by atoms with Crippen molar-refractivity contribution in [2.75, 3.05) is 21.3 Å². The van der Waals surface area contributed by atoms with Gasteiger partial charge in [-0.2, -0.15) is 5.26 Å². The van der Waals surface area contributed by atoms with Gasteiger partial charge < -0.3 is 18.8 Å². The van der Waals surface area contributed by atoms with Gasteiger partial charge in [0.25, 0.3) is 0 Å². The lowest BCUT2D eigenvalue weighted by atomic mass is 10.1. The zero-order valence-electron chi connectivity index (χ0n) is 14.4. The topological polar surface area (TPSA) is 69.3 Å². The van der Waals surface area contributed by atoms with E-state index < -0.39 is 0 Å². The molecule has 0 fully saturated rings. The normalized spacial score (nSPS) is 10.6. The third kappa shape index (κ3) is 3.14. The molecule has 0 aliphatic carbocycles. The first-order valence-electron chi connectivity index (χ1n) is 7.80. The quantitative estimate of drug-likeness (QED) is 0.691. The minimum Gasteiger partial charge on any atom is -0.493 e. The van der Waals surface area contributed by atoms with Crippen LogP contribution in [0.3, 0.4) is 0 Å². The van der Waals surface area contributed by atoms with Crippen LogP contribution in [-0.4, -0.2) is 30.9 Å². The minimum atomic E-state index is 0.369. The molecule has 6 nitrogen and oxygen atoms in total. The predicted octanol–water partition coefficient (Wildman–Crippen LogP) is 3.12. The first-order chi connectivity index (χ1) is 12.2. The van der Waals surface area contributed by atoms with E-state index >= 15 is 0 Å². The zero-order valence-corrected chi connectivity index (χ0v) is 14.4. The molecule has 0 atom stereocenters. The number of methoxy groups -OCH3 is 3. The minimum absolute atomic E-state index is 0.369. The summed E-state index contributed by atoms with van der Waals surface area (Å²) in [7, 11) is 4.83. The van der Waals surface area contributed by atoms with E-state index in [-0.39, 0.29) is 0 Å². The van der Waals surface area contributed by atoms with E-state index in [1.54, 1.807) is 21.3 Å². The van der Waals surface area contributed by atoms with Crippen LogP contribution in [0, 0.1) is 11.3 Å². The molecule has 128 valence electrons. The van der Waals surface area contributed by atoms with Crippen molar-refractivity contribution < 1.29 is 14.2 Å². The van der Waals surface area contributed by atoms with Gasteiger partial charge in [0.1, 0.15) is 12.4 Å². The van der Waals surface area contributed by atoms with E-state index in [4.69, 9.17) is 14.2 Å². The van der Waals surface area contributed by atoms with Crippen LogP contribution in [0.15, 0.2) is 36.4 Å². The molecule has 0 spiro atoms. The second-order valence-electron chi connectivity index (χ2n) is 5.51. The van der Waals surface area contributed by atoms with Crippen molar-refractivity contribution in [1.29, 1.82) is 5.26 Å². The molecule has 1 heterocycles. The van der Waals surface area contributed by atoms with E-state index in [9.17, 15) is 5.26 Å². The second-order valence-corrected chi connectivity index (χ2v) is 5.51. The van der Waals surface area contributed by atoms with Crippen LogP contribution in [0.4, 0.5) is 0 Å². The third-order valence-electron chi connectivity index (χ3n) is 4.07. The van der Waals surface area contributed by atoms with Crippen molar-refractivity contribution >= 4 is 11.0 Å². The van der Waals surface area contributed by atoms with Gasteiger partial charge >= 0.3 is 0 Å². The largest absolute Gasteiger partial charge is 0.493 e. The monoisotopic (exact) mass is 337 g/mol. The number of nitrogens with zero attached hydrogens (tertiary/aromatic N) is 3. The van der Waals surface area contributed by atoms with Gasteiger partial charge in [0.05, 0.1) is 43.4 Å². The van der Waals surface area contributed by atoms with Gasteiger partial charge in [-0.1, -0.05) is 18.2 Å². The zero-order chi connectivity index (χ0) is 17.8. The first-order valence-corrected chi connectivity index (χ1v) is 7.80. The fourth-order valence-electron chi connectivity index (χ4n) is 2.86. The Balaban J connectivity index is 2.17. The molecule has 0 N–H and O–H groups in total. The Bertz CT molecular complexity index is 941. The van der Waals surface area contributed by atoms with Gasteiger partial charge in [-0.05, 0) is 11.6 Å². The molecule has 0 saturated heterocycles.